The van der Waals surface area contributed by atoms with Crippen LogP contribution in [0.2, 0.25) is 0 Å². The average Bonchev–Trinajstić information content (AvgIpc) is 2.39. The van der Waals surface area contributed by atoms with E-state index in [1.807, 2.05) is 0 Å². The number of hydrogen-bond donors (Lipinski definition) is 1. The average molecular weight is 275 g/mol. The minimum absolute atomic E-state index is 0.0378. The van der Waals surface area contributed by atoms with Crippen molar-refractivity contribution in [3.05, 3.63) is 0 Å². The number of sulfonamides is 1. The maximum Gasteiger partial charge on any atom is 0.214 e. The lowest BCUT2D eigenvalue weighted by Crippen LogP contribution is -2.47. The fourth-order valence-corrected chi connectivity index (χ4v) is 5.42. The quantitative estimate of drug-likeness (QED) is 0.850. The van der Waals surface area contributed by atoms with Crippen LogP contribution in [0.1, 0.15) is 51.4 Å². The Morgan fingerprint density at radius 3 is 2.33 bits per heavy atom. The summed E-state index contributed by atoms with van der Waals surface area (Å²) in [6, 6.07) is -0.174. The molecule has 18 heavy (non-hydrogen) atoms. The highest BCUT2D eigenvalue weighted by Crippen LogP contribution is 2.28. The highest BCUT2D eigenvalue weighted by atomic mass is 32.2. The Kier molecular flexibility index (Phi) is 5.04. The van der Waals surface area contributed by atoms with E-state index in [2.05, 4.69) is 0 Å². The third kappa shape index (κ3) is 3.45. The smallest absolute Gasteiger partial charge is 0.214 e. The maximum atomic E-state index is 12.4. The van der Waals surface area contributed by atoms with E-state index < -0.39 is 10.0 Å². The zero-order valence-corrected chi connectivity index (χ0v) is 11.9. The van der Waals surface area contributed by atoms with Crippen LogP contribution in [0.15, 0.2) is 0 Å². The van der Waals surface area contributed by atoms with Crippen molar-refractivity contribution in [3.8, 4) is 0 Å². The molecule has 0 aromatic heterocycles. The molecule has 0 radical (unpaired) electrons. The Morgan fingerprint density at radius 2 is 1.67 bits per heavy atom. The van der Waals surface area contributed by atoms with Crippen molar-refractivity contribution in [2.45, 2.75) is 57.4 Å². The van der Waals surface area contributed by atoms with Crippen molar-refractivity contribution >= 4 is 10.0 Å². The van der Waals surface area contributed by atoms with Crippen molar-refractivity contribution in [1.29, 1.82) is 0 Å². The molecule has 2 rings (SSSR count). The molecule has 1 N–H and O–H groups in total. The molecule has 1 unspecified atom stereocenters. The van der Waals surface area contributed by atoms with Crippen LogP contribution in [0.4, 0.5) is 0 Å². The van der Waals surface area contributed by atoms with Gasteiger partial charge in [-0.05, 0) is 31.6 Å². The van der Waals surface area contributed by atoms with Crippen molar-refractivity contribution in [1.82, 2.24) is 4.31 Å². The first-order valence-electron chi connectivity index (χ1n) is 7.24. The molecule has 0 spiro atoms. The second kappa shape index (κ2) is 6.35. The Hall–Kier alpha value is -0.130. The highest BCUT2D eigenvalue weighted by molar-refractivity contribution is 7.89. The predicted molar refractivity (Wildman–Crippen MR) is 71.8 cm³/mol. The molecule has 1 atom stereocenters. The van der Waals surface area contributed by atoms with Gasteiger partial charge in [0.1, 0.15) is 0 Å². The lowest BCUT2D eigenvalue weighted by molar-refractivity contribution is 0.154. The fourth-order valence-electron chi connectivity index (χ4n) is 3.27. The van der Waals surface area contributed by atoms with Gasteiger partial charge in [-0.1, -0.05) is 25.7 Å². The molecule has 1 saturated heterocycles. The molecule has 4 nitrogen and oxygen atoms in total. The SMILES string of the molecule is O=S(=O)(CC1CCCCC1)N1CCCCC1CO. The van der Waals surface area contributed by atoms with E-state index >= 15 is 0 Å². The van der Waals surface area contributed by atoms with E-state index in [-0.39, 0.29) is 12.6 Å². The van der Waals surface area contributed by atoms with Crippen molar-refractivity contribution in [2.75, 3.05) is 18.9 Å². The van der Waals surface area contributed by atoms with Gasteiger partial charge in [-0.3, -0.25) is 0 Å². The number of nitrogens with zero attached hydrogens (tertiary/aromatic N) is 1. The zero-order chi connectivity index (χ0) is 13.0. The minimum atomic E-state index is -3.17. The van der Waals surface area contributed by atoms with E-state index in [9.17, 15) is 13.5 Å². The van der Waals surface area contributed by atoms with Gasteiger partial charge in [0.15, 0.2) is 0 Å². The number of piperidine rings is 1. The van der Waals surface area contributed by atoms with Gasteiger partial charge in [0.25, 0.3) is 0 Å². The normalized spacial score (nSPS) is 28.4. The number of aliphatic hydroxyl groups is 1. The van der Waals surface area contributed by atoms with Gasteiger partial charge in [-0.15, -0.1) is 0 Å². The summed E-state index contributed by atoms with van der Waals surface area (Å²) in [5, 5.41) is 9.32. The van der Waals surface area contributed by atoms with E-state index in [1.54, 1.807) is 4.31 Å². The van der Waals surface area contributed by atoms with Gasteiger partial charge in [-0.2, -0.15) is 4.31 Å². The Bertz CT molecular complexity index is 349. The molecular weight excluding hydrogens is 250 g/mol. The van der Waals surface area contributed by atoms with Crippen molar-refractivity contribution < 1.29 is 13.5 Å². The highest BCUT2D eigenvalue weighted by Gasteiger charge is 2.33. The molecule has 1 saturated carbocycles. The summed E-state index contributed by atoms with van der Waals surface area (Å²) < 4.78 is 26.5. The third-order valence-corrected chi connectivity index (χ3v) is 6.40. The molecular formula is C13H25NO3S. The Morgan fingerprint density at radius 1 is 1.00 bits per heavy atom. The topological polar surface area (TPSA) is 57.6 Å². The van der Waals surface area contributed by atoms with Crippen LogP contribution in [-0.2, 0) is 10.0 Å². The van der Waals surface area contributed by atoms with Crippen LogP contribution < -0.4 is 0 Å². The van der Waals surface area contributed by atoms with Crippen LogP contribution in [0.3, 0.4) is 0 Å². The summed E-state index contributed by atoms with van der Waals surface area (Å²) in [4.78, 5) is 0. The first-order valence-corrected chi connectivity index (χ1v) is 8.85. The maximum absolute atomic E-state index is 12.4. The van der Waals surface area contributed by atoms with Gasteiger partial charge in [-0.25, -0.2) is 8.42 Å². The summed E-state index contributed by atoms with van der Waals surface area (Å²) in [6.07, 6.45) is 8.46. The molecule has 2 aliphatic rings. The number of rotatable bonds is 4. The fraction of sp³-hybridized carbons (Fsp3) is 1.00. The molecule has 1 aliphatic carbocycles. The van der Waals surface area contributed by atoms with Gasteiger partial charge in [0.05, 0.1) is 12.4 Å². The summed E-state index contributed by atoms with van der Waals surface area (Å²) >= 11 is 0. The van der Waals surface area contributed by atoms with Gasteiger partial charge < -0.3 is 5.11 Å². The summed E-state index contributed by atoms with van der Waals surface area (Å²) in [5.74, 6) is 0.633. The largest absolute Gasteiger partial charge is 0.395 e. The van der Waals surface area contributed by atoms with E-state index in [0.29, 0.717) is 18.2 Å². The molecule has 1 heterocycles. The summed E-state index contributed by atoms with van der Waals surface area (Å²) in [6.45, 7) is 0.560. The molecule has 0 bridgehead atoms. The zero-order valence-electron chi connectivity index (χ0n) is 11.1. The first-order chi connectivity index (χ1) is 8.63. The molecule has 106 valence electrons. The lowest BCUT2D eigenvalue weighted by atomic mass is 9.91. The van der Waals surface area contributed by atoms with E-state index in [4.69, 9.17) is 0 Å². The number of aliphatic hydroxyl groups excluding tert-OH is 1. The first kappa shape index (κ1) is 14.3. The predicted octanol–water partition coefficient (Wildman–Crippen LogP) is 1.74. The summed E-state index contributed by atoms with van der Waals surface area (Å²) in [7, 11) is -3.17. The van der Waals surface area contributed by atoms with Crippen molar-refractivity contribution in [2.24, 2.45) is 5.92 Å². The monoisotopic (exact) mass is 275 g/mol. The van der Waals surface area contributed by atoms with E-state index in [1.165, 1.54) is 19.3 Å². The molecule has 1 aliphatic heterocycles. The van der Waals surface area contributed by atoms with E-state index in [0.717, 1.165) is 32.1 Å². The molecule has 0 aromatic rings. The van der Waals surface area contributed by atoms with Gasteiger partial charge in [0, 0.05) is 12.6 Å². The van der Waals surface area contributed by atoms with Crippen LogP contribution in [0.25, 0.3) is 0 Å². The van der Waals surface area contributed by atoms with Crippen LogP contribution in [-0.4, -0.2) is 42.8 Å². The molecule has 0 aromatic carbocycles. The van der Waals surface area contributed by atoms with Crippen LogP contribution >= 0.6 is 0 Å². The van der Waals surface area contributed by atoms with Crippen LogP contribution in [0, 0.1) is 5.92 Å². The standard InChI is InChI=1S/C13H25NO3S/c15-10-13-8-4-5-9-14(13)18(16,17)11-12-6-2-1-3-7-12/h12-13,15H,1-11H2. The van der Waals surface area contributed by atoms with Crippen molar-refractivity contribution in [3.63, 3.8) is 0 Å². The third-order valence-electron chi connectivity index (χ3n) is 4.31. The summed E-state index contributed by atoms with van der Waals surface area (Å²) in [5.41, 5.74) is 0. The van der Waals surface area contributed by atoms with Gasteiger partial charge in [0.2, 0.25) is 10.0 Å². The van der Waals surface area contributed by atoms with Gasteiger partial charge >= 0.3 is 0 Å². The second-order valence-corrected chi connectivity index (χ2v) is 7.69. The second-order valence-electron chi connectivity index (χ2n) is 5.73. The van der Waals surface area contributed by atoms with Crippen LogP contribution in [0.5, 0.6) is 0 Å². The Balaban J connectivity index is 1.99. The minimum Gasteiger partial charge on any atom is -0.395 e. The molecule has 5 heteroatoms. The lowest BCUT2D eigenvalue weighted by Gasteiger charge is -2.35. The number of hydrogen-bond acceptors (Lipinski definition) is 3. The molecule has 2 fully saturated rings. The molecule has 0 amide bonds. The Labute approximate surface area is 110 Å².